The van der Waals surface area contributed by atoms with Crippen molar-refractivity contribution in [1.82, 2.24) is 5.32 Å². The van der Waals surface area contributed by atoms with E-state index in [-0.39, 0.29) is 18.9 Å². The number of amides is 1. The van der Waals surface area contributed by atoms with Crippen molar-refractivity contribution in [2.75, 3.05) is 40.9 Å². The maximum absolute atomic E-state index is 12.9. The first-order valence-electron chi connectivity index (χ1n) is 24.1. The summed E-state index contributed by atoms with van der Waals surface area (Å²) in [5, 5.41) is 24.7. The molecule has 4 unspecified atom stereocenters. The van der Waals surface area contributed by atoms with E-state index >= 15 is 0 Å². The summed E-state index contributed by atoms with van der Waals surface area (Å²) in [6.45, 7) is 4.32. The van der Waals surface area contributed by atoms with Gasteiger partial charge in [0.05, 0.1) is 39.9 Å². The van der Waals surface area contributed by atoms with Gasteiger partial charge in [0, 0.05) is 6.42 Å². The summed E-state index contributed by atoms with van der Waals surface area (Å²) in [6.07, 6.45) is 47.2. The third-order valence-corrected chi connectivity index (χ3v) is 11.6. The first kappa shape index (κ1) is 57.4. The Morgan fingerprint density at radius 2 is 1.07 bits per heavy atom. The Bertz CT molecular complexity index is 1120. The van der Waals surface area contributed by atoms with E-state index in [1.807, 2.05) is 21.1 Å². The zero-order chi connectivity index (χ0) is 43.7. The van der Waals surface area contributed by atoms with Crippen molar-refractivity contribution in [3.05, 3.63) is 48.6 Å². The number of quaternary nitrogens is 1. The largest absolute Gasteiger partial charge is 0.756 e. The highest BCUT2D eigenvalue weighted by Crippen LogP contribution is 2.38. The van der Waals surface area contributed by atoms with Crippen LogP contribution in [0, 0.1) is 0 Å². The molecule has 1 amide bonds. The molecule has 0 fully saturated rings. The van der Waals surface area contributed by atoms with Crippen LogP contribution in [0.4, 0.5) is 0 Å². The molecule has 10 heteroatoms. The lowest BCUT2D eigenvalue weighted by Crippen LogP contribution is -2.51. The lowest BCUT2D eigenvalue weighted by atomic mass is 9.99. The van der Waals surface area contributed by atoms with Gasteiger partial charge in [-0.05, 0) is 51.4 Å². The topological polar surface area (TPSA) is 128 Å². The van der Waals surface area contributed by atoms with E-state index in [0.717, 1.165) is 70.6 Å². The van der Waals surface area contributed by atoms with Crippen molar-refractivity contribution in [2.45, 2.75) is 218 Å². The van der Waals surface area contributed by atoms with Crippen molar-refractivity contribution in [2.24, 2.45) is 0 Å². The van der Waals surface area contributed by atoms with Gasteiger partial charge in [-0.3, -0.25) is 9.36 Å². The molecule has 3 N–H and O–H groups in total. The van der Waals surface area contributed by atoms with Crippen LogP contribution in [0.25, 0.3) is 0 Å². The summed E-state index contributed by atoms with van der Waals surface area (Å²) in [6, 6.07) is -1.08. The number of phosphoric ester groups is 1. The van der Waals surface area contributed by atoms with E-state index in [0.29, 0.717) is 23.9 Å². The average Bonchev–Trinajstić information content (AvgIpc) is 3.19. The van der Waals surface area contributed by atoms with Crippen LogP contribution in [0.5, 0.6) is 0 Å². The number of allylic oxidation sites excluding steroid dienone is 8. The Hall–Kier alpha value is -1.58. The van der Waals surface area contributed by atoms with Crippen LogP contribution >= 0.6 is 7.82 Å². The number of unbranched alkanes of at least 4 members (excludes halogenated alkanes) is 21. The van der Waals surface area contributed by atoms with E-state index in [1.165, 1.54) is 96.3 Å². The van der Waals surface area contributed by atoms with Gasteiger partial charge in [-0.15, -0.1) is 0 Å². The van der Waals surface area contributed by atoms with Crippen LogP contribution in [0.1, 0.15) is 200 Å². The number of aliphatic hydroxyl groups is 2. The number of nitrogens with one attached hydrogen (secondary N) is 1. The predicted octanol–water partition coefficient (Wildman–Crippen LogP) is 12.0. The molecule has 0 radical (unpaired) electrons. The molecule has 0 rings (SSSR count). The molecule has 4 atom stereocenters. The molecular weight excluding hydrogens is 760 g/mol. The van der Waals surface area contributed by atoms with Crippen molar-refractivity contribution in [3.63, 3.8) is 0 Å². The monoisotopic (exact) mass is 853 g/mol. The minimum absolute atomic E-state index is 0.0430. The average molecular weight is 853 g/mol. The number of hydrogen-bond acceptors (Lipinski definition) is 7. The van der Waals surface area contributed by atoms with Crippen LogP contribution in [0.15, 0.2) is 48.6 Å². The molecule has 9 nitrogen and oxygen atoms in total. The van der Waals surface area contributed by atoms with Crippen molar-refractivity contribution >= 4 is 13.7 Å². The van der Waals surface area contributed by atoms with Gasteiger partial charge in [0.25, 0.3) is 7.82 Å². The SMILES string of the molecule is CC/C=C\C/C=C\C/C=C\C/C=C\CCCCCCCCCCCCC(=O)NC(COP(=O)([O-])OCC[N+](C)(C)C)C(O)C(O)CCCCCCCCCCCCCC. The maximum atomic E-state index is 12.9. The summed E-state index contributed by atoms with van der Waals surface area (Å²) in [4.78, 5) is 25.4. The quantitative estimate of drug-likeness (QED) is 0.0241. The molecule has 0 saturated heterocycles. The van der Waals surface area contributed by atoms with Gasteiger partial charge in [-0.25, -0.2) is 0 Å². The summed E-state index contributed by atoms with van der Waals surface area (Å²) in [5.41, 5.74) is 0. The number of carbonyl (C=O) groups is 1. The summed E-state index contributed by atoms with van der Waals surface area (Å²) in [7, 11) is 1.12. The summed E-state index contributed by atoms with van der Waals surface area (Å²) >= 11 is 0. The van der Waals surface area contributed by atoms with Gasteiger partial charge < -0.3 is 34.0 Å². The van der Waals surface area contributed by atoms with Crippen LogP contribution in [-0.4, -0.2) is 79.8 Å². The minimum Gasteiger partial charge on any atom is -0.756 e. The van der Waals surface area contributed by atoms with Crippen LogP contribution in [0.2, 0.25) is 0 Å². The summed E-state index contributed by atoms with van der Waals surface area (Å²) < 4.78 is 23.2. The molecule has 0 aliphatic rings. The Labute approximate surface area is 363 Å². The number of nitrogens with zero attached hydrogens (tertiary/aromatic N) is 1. The van der Waals surface area contributed by atoms with Crippen molar-refractivity contribution in [1.29, 1.82) is 0 Å². The molecule has 0 aliphatic heterocycles. The molecule has 0 spiro atoms. The van der Waals surface area contributed by atoms with Crippen molar-refractivity contribution in [3.8, 4) is 0 Å². The van der Waals surface area contributed by atoms with Gasteiger partial charge in [0.1, 0.15) is 19.3 Å². The van der Waals surface area contributed by atoms with Gasteiger partial charge in [-0.1, -0.05) is 191 Å². The first-order valence-corrected chi connectivity index (χ1v) is 25.5. The molecule has 0 aromatic carbocycles. The van der Waals surface area contributed by atoms with E-state index in [1.54, 1.807) is 0 Å². The van der Waals surface area contributed by atoms with E-state index in [2.05, 4.69) is 67.8 Å². The molecule has 0 bridgehead atoms. The summed E-state index contributed by atoms with van der Waals surface area (Å²) in [5.74, 6) is -0.285. The molecule has 0 aromatic heterocycles. The normalized spacial score (nSPS) is 15.2. The fourth-order valence-corrected chi connectivity index (χ4v) is 7.56. The predicted molar refractivity (Wildman–Crippen MR) is 248 cm³/mol. The molecule has 0 heterocycles. The molecular formula is C49H93N2O7P. The fraction of sp³-hybridized carbons (Fsp3) is 0.816. The molecule has 0 aromatic rings. The van der Waals surface area contributed by atoms with Crippen molar-refractivity contribution < 1.29 is 38.0 Å². The lowest BCUT2D eigenvalue weighted by Gasteiger charge is -2.31. The van der Waals surface area contributed by atoms with Gasteiger partial charge in [0.2, 0.25) is 5.91 Å². The highest BCUT2D eigenvalue weighted by Gasteiger charge is 2.29. The van der Waals surface area contributed by atoms with E-state index in [9.17, 15) is 24.5 Å². The van der Waals surface area contributed by atoms with Gasteiger partial charge in [-0.2, -0.15) is 0 Å². The fourth-order valence-electron chi connectivity index (χ4n) is 6.83. The number of rotatable bonds is 43. The van der Waals surface area contributed by atoms with E-state index < -0.39 is 32.7 Å². The highest BCUT2D eigenvalue weighted by atomic mass is 31.2. The van der Waals surface area contributed by atoms with E-state index in [4.69, 9.17) is 9.05 Å². The molecule has 0 saturated carbocycles. The minimum atomic E-state index is -4.67. The number of aliphatic hydroxyl groups excluding tert-OH is 2. The second-order valence-electron chi connectivity index (χ2n) is 17.6. The first-order chi connectivity index (χ1) is 28.4. The molecule has 0 aliphatic carbocycles. The van der Waals surface area contributed by atoms with Crippen LogP contribution < -0.4 is 10.2 Å². The Balaban J connectivity index is 4.37. The number of carbonyl (C=O) groups excluding carboxylic acids is 1. The maximum Gasteiger partial charge on any atom is 0.268 e. The molecule has 346 valence electrons. The smallest absolute Gasteiger partial charge is 0.268 e. The Kier molecular flexibility index (Phi) is 39.4. The van der Waals surface area contributed by atoms with Crippen LogP contribution in [-0.2, 0) is 18.4 Å². The zero-order valence-corrected chi connectivity index (χ0v) is 39.7. The van der Waals surface area contributed by atoms with Gasteiger partial charge in [0.15, 0.2) is 0 Å². The number of likely N-dealkylation sites (N-methyl/N-ethyl adjacent to an activating group) is 1. The molecule has 59 heavy (non-hydrogen) atoms. The second kappa shape index (κ2) is 40.5. The number of phosphoric acid groups is 1. The Morgan fingerprint density at radius 1 is 0.627 bits per heavy atom. The Morgan fingerprint density at radius 3 is 1.56 bits per heavy atom. The second-order valence-corrected chi connectivity index (χ2v) is 19.0. The highest BCUT2D eigenvalue weighted by molar-refractivity contribution is 7.45. The van der Waals surface area contributed by atoms with Crippen LogP contribution in [0.3, 0.4) is 0 Å². The third-order valence-electron chi connectivity index (χ3n) is 10.7. The van der Waals surface area contributed by atoms with Gasteiger partial charge >= 0.3 is 0 Å². The standard InChI is InChI=1S/C49H93N2O7P/c1-6-8-10-12-14-16-18-20-21-22-23-24-25-26-27-28-29-30-32-34-36-38-40-42-48(53)50-46(45-58-59(55,56)57-44-43-51(3,4)5)49(54)47(52)41-39-37-35-33-31-19-17-15-13-11-9-7-2/h8,10,14,16,20-21,23-24,46-47,49,52,54H,6-7,9,11-13,15,17-19,22,25-45H2,1-5H3,(H-,50,53,55,56)/b10-8-,16-14-,21-20-,24-23-. The number of hydrogen-bond donors (Lipinski definition) is 3. The zero-order valence-electron chi connectivity index (χ0n) is 38.8. The lowest BCUT2D eigenvalue weighted by molar-refractivity contribution is -0.870. The third kappa shape index (κ3) is 41.5.